The molecule has 1 amide bonds. The molecule has 0 unspecified atom stereocenters. The highest BCUT2D eigenvalue weighted by molar-refractivity contribution is 6.30. The standard InChI is InChI=1S/C16H18ClN3O4/c1-2-14-13(16(23)18-6-7-24-10-15(21)22)9-19-20(14)12-5-3-4-11(17)8-12/h3-5,8-9H,2,6-7,10H2,1H3,(H,18,23)(H,21,22). The van der Waals surface area contributed by atoms with E-state index in [0.717, 1.165) is 11.4 Å². The number of carbonyl (C=O) groups excluding carboxylic acids is 1. The molecule has 128 valence electrons. The quantitative estimate of drug-likeness (QED) is 0.709. The van der Waals surface area contributed by atoms with E-state index in [1.54, 1.807) is 16.8 Å². The van der Waals surface area contributed by atoms with Gasteiger partial charge in [-0.05, 0) is 24.6 Å². The lowest BCUT2D eigenvalue weighted by Gasteiger charge is -2.09. The van der Waals surface area contributed by atoms with Crippen LogP contribution in [0.15, 0.2) is 30.5 Å². The summed E-state index contributed by atoms with van der Waals surface area (Å²) in [6.07, 6.45) is 2.12. The van der Waals surface area contributed by atoms with Crippen LogP contribution >= 0.6 is 11.6 Å². The first-order valence-electron chi connectivity index (χ1n) is 7.43. The number of carboxylic acid groups (broad SMARTS) is 1. The summed E-state index contributed by atoms with van der Waals surface area (Å²) in [6, 6.07) is 7.22. The van der Waals surface area contributed by atoms with Gasteiger partial charge in [0.15, 0.2) is 0 Å². The number of hydrogen-bond donors (Lipinski definition) is 2. The second kappa shape index (κ2) is 8.47. The molecular weight excluding hydrogens is 334 g/mol. The topological polar surface area (TPSA) is 93.4 Å². The minimum absolute atomic E-state index is 0.127. The fraction of sp³-hybridized carbons (Fsp3) is 0.312. The molecule has 0 fully saturated rings. The fourth-order valence-corrected chi connectivity index (χ4v) is 2.41. The van der Waals surface area contributed by atoms with Gasteiger partial charge in [-0.2, -0.15) is 5.10 Å². The molecular formula is C16H18ClN3O4. The van der Waals surface area contributed by atoms with Gasteiger partial charge in [0.1, 0.15) is 6.61 Å². The van der Waals surface area contributed by atoms with Gasteiger partial charge in [-0.1, -0.05) is 24.6 Å². The number of ether oxygens (including phenoxy) is 1. The zero-order valence-electron chi connectivity index (χ0n) is 13.2. The summed E-state index contributed by atoms with van der Waals surface area (Å²) in [6.45, 7) is 1.90. The minimum Gasteiger partial charge on any atom is -0.480 e. The molecule has 1 heterocycles. The second-order valence-electron chi connectivity index (χ2n) is 4.95. The lowest BCUT2D eigenvalue weighted by Crippen LogP contribution is -2.28. The molecule has 0 spiro atoms. The van der Waals surface area contributed by atoms with Crippen molar-refractivity contribution in [3.8, 4) is 5.69 Å². The van der Waals surface area contributed by atoms with Crippen molar-refractivity contribution in [1.29, 1.82) is 0 Å². The first-order valence-corrected chi connectivity index (χ1v) is 7.81. The van der Waals surface area contributed by atoms with Crippen LogP contribution in [-0.4, -0.2) is 46.5 Å². The number of aliphatic carboxylic acids is 1. The van der Waals surface area contributed by atoms with Crippen LogP contribution in [0.25, 0.3) is 5.69 Å². The summed E-state index contributed by atoms with van der Waals surface area (Å²) < 4.78 is 6.56. The maximum Gasteiger partial charge on any atom is 0.329 e. The van der Waals surface area contributed by atoms with E-state index in [1.165, 1.54) is 6.20 Å². The monoisotopic (exact) mass is 351 g/mol. The number of carbonyl (C=O) groups is 2. The number of aromatic nitrogens is 2. The molecule has 1 aromatic heterocycles. The zero-order valence-corrected chi connectivity index (χ0v) is 13.9. The van der Waals surface area contributed by atoms with Crippen molar-refractivity contribution in [1.82, 2.24) is 15.1 Å². The number of carboxylic acids is 1. The molecule has 8 heteroatoms. The van der Waals surface area contributed by atoms with E-state index < -0.39 is 5.97 Å². The lowest BCUT2D eigenvalue weighted by molar-refractivity contribution is -0.142. The lowest BCUT2D eigenvalue weighted by atomic mass is 10.2. The van der Waals surface area contributed by atoms with Crippen molar-refractivity contribution in [2.45, 2.75) is 13.3 Å². The number of rotatable bonds is 8. The highest BCUT2D eigenvalue weighted by Gasteiger charge is 2.17. The summed E-state index contributed by atoms with van der Waals surface area (Å²) in [4.78, 5) is 22.6. The van der Waals surface area contributed by atoms with Gasteiger partial charge < -0.3 is 15.2 Å². The molecule has 7 nitrogen and oxygen atoms in total. The van der Waals surface area contributed by atoms with Gasteiger partial charge >= 0.3 is 5.97 Å². The van der Waals surface area contributed by atoms with Crippen LogP contribution in [-0.2, 0) is 16.0 Å². The van der Waals surface area contributed by atoms with Gasteiger partial charge in [-0.15, -0.1) is 0 Å². The SMILES string of the molecule is CCc1c(C(=O)NCCOCC(=O)O)cnn1-c1cccc(Cl)c1. The maximum absolute atomic E-state index is 12.3. The smallest absolute Gasteiger partial charge is 0.329 e. The first-order chi connectivity index (χ1) is 11.5. The van der Waals surface area contributed by atoms with Crippen LogP contribution in [0, 0.1) is 0 Å². The Bertz CT molecular complexity index is 730. The van der Waals surface area contributed by atoms with Crippen LogP contribution in [0.2, 0.25) is 5.02 Å². The first kappa shape index (κ1) is 18.0. The molecule has 0 bridgehead atoms. The Hall–Kier alpha value is -2.38. The molecule has 2 aromatic rings. The summed E-state index contributed by atoms with van der Waals surface area (Å²) in [5.41, 5.74) is 2.01. The van der Waals surface area contributed by atoms with Gasteiger partial charge in [-0.25, -0.2) is 9.48 Å². The Morgan fingerprint density at radius 1 is 1.42 bits per heavy atom. The zero-order chi connectivity index (χ0) is 17.5. The van der Waals surface area contributed by atoms with E-state index in [9.17, 15) is 9.59 Å². The van der Waals surface area contributed by atoms with Gasteiger partial charge in [0.05, 0.1) is 29.7 Å². The minimum atomic E-state index is -1.04. The molecule has 1 aromatic carbocycles. The largest absolute Gasteiger partial charge is 0.480 e. The van der Waals surface area contributed by atoms with Gasteiger partial charge in [0.2, 0.25) is 0 Å². The Morgan fingerprint density at radius 3 is 2.88 bits per heavy atom. The maximum atomic E-state index is 12.3. The second-order valence-corrected chi connectivity index (χ2v) is 5.39. The van der Waals surface area contributed by atoms with Crippen LogP contribution in [0.4, 0.5) is 0 Å². The van der Waals surface area contributed by atoms with Crippen LogP contribution in [0.3, 0.4) is 0 Å². The molecule has 2 N–H and O–H groups in total. The number of nitrogens with one attached hydrogen (secondary N) is 1. The number of benzene rings is 1. The fourth-order valence-electron chi connectivity index (χ4n) is 2.23. The van der Waals surface area contributed by atoms with Gasteiger partial charge in [0.25, 0.3) is 5.91 Å². The molecule has 24 heavy (non-hydrogen) atoms. The predicted molar refractivity (Wildman–Crippen MR) is 88.7 cm³/mol. The van der Waals surface area contributed by atoms with Crippen molar-refractivity contribution in [2.75, 3.05) is 19.8 Å². The normalized spacial score (nSPS) is 10.6. The van der Waals surface area contributed by atoms with Crippen molar-refractivity contribution >= 4 is 23.5 Å². The molecule has 0 aliphatic rings. The Labute approximate surface area is 144 Å². The molecule has 0 saturated heterocycles. The van der Waals surface area contributed by atoms with Gasteiger partial charge in [0, 0.05) is 11.6 Å². The Morgan fingerprint density at radius 2 is 2.21 bits per heavy atom. The highest BCUT2D eigenvalue weighted by atomic mass is 35.5. The van der Waals surface area contributed by atoms with Crippen molar-refractivity contribution in [2.24, 2.45) is 0 Å². The Kier molecular flexibility index (Phi) is 6.34. The third-order valence-electron chi connectivity index (χ3n) is 3.26. The van der Waals surface area contributed by atoms with Crippen molar-refractivity contribution in [3.63, 3.8) is 0 Å². The molecule has 2 rings (SSSR count). The third-order valence-corrected chi connectivity index (χ3v) is 3.49. The van der Waals surface area contributed by atoms with Crippen molar-refractivity contribution < 1.29 is 19.4 Å². The highest BCUT2D eigenvalue weighted by Crippen LogP contribution is 2.19. The number of nitrogens with zero attached hydrogens (tertiary/aromatic N) is 2. The summed E-state index contributed by atoms with van der Waals surface area (Å²) >= 11 is 6.00. The van der Waals surface area contributed by atoms with Crippen molar-refractivity contribution in [3.05, 3.63) is 46.7 Å². The average Bonchev–Trinajstić information content (AvgIpc) is 2.98. The van der Waals surface area contributed by atoms with Crippen LogP contribution < -0.4 is 5.32 Å². The van der Waals surface area contributed by atoms with Crippen LogP contribution in [0.1, 0.15) is 23.0 Å². The van der Waals surface area contributed by atoms with Gasteiger partial charge in [-0.3, -0.25) is 4.79 Å². The summed E-state index contributed by atoms with van der Waals surface area (Å²) in [5.74, 6) is -1.32. The van der Waals surface area contributed by atoms with E-state index >= 15 is 0 Å². The number of amides is 1. The molecule has 0 atom stereocenters. The number of hydrogen-bond acceptors (Lipinski definition) is 4. The molecule has 0 saturated carbocycles. The molecule has 0 aliphatic heterocycles. The van der Waals surface area contributed by atoms with Crippen LogP contribution in [0.5, 0.6) is 0 Å². The van der Waals surface area contributed by atoms with E-state index in [1.807, 2.05) is 19.1 Å². The summed E-state index contributed by atoms with van der Waals surface area (Å²) in [5, 5.41) is 16.0. The number of halogens is 1. The Balaban J connectivity index is 2.05. The van der Waals surface area contributed by atoms with E-state index in [-0.39, 0.29) is 25.7 Å². The van der Waals surface area contributed by atoms with E-state index in [4.69, 9.17) is 21.4 Å². The third kappa shape index (κ3) is 4.56. The van der Waals surface area contributed by atoms with E-state index in [2.05, 4.69) is 10.4 Å². The summed E-state index contributed by atoms with van der Waals surface area (Å²) in [7, 11) is 0. The van der Waals surface area contributed by atoms with E-state index in [0.29, 0.717) is 17.0 Å². The average molecular weight is 352 g/mol. The predicted octanol–water partition coefficient (Wildman–Crippen LogP) is 1.92. The molecule has 0 radical (unpaired) electrons. The molecule has 0 aliphatic carbocycles.